The number of anilines is 1. The molecule has 1 aliphatic rings. The summed E-state index contributed by atoms with van der Waals surface area (Å²) in [6, 6.07) is 0. The summed E-state index contributed by atoms with van der Waals surface area (Å²) in [6.07, 6.45) is 5.99. The van der Waals surface area contributed by atoms with Crippen LogP contribution in [-0.4, -0.2) is 22.3 Å². The maximum atomic E-state index is 4.81. The van der Waals surface area contributed by atoms with E-state index in [0.29, 0.717) is 5.25 Å². The Morgan fingerprint density at radius 2 is 2.11 bits per heavy atom. The van der Waals surface area contributed by atoms with E-state index in [-0.39, 0.29) is 0 Å². The quantitative estimate of drug-likeness (QED) is 0.879. The second kappa shape index (κ2) is 7.13. The minimum Gasteiger partial charge on any atom is -0.370 e. The largest absolute Gasteiger partial charge is 0.370 e. The molecular weight excluding hydrogens is 254 g/mol. The zero-order chi connectivity index (χ0) is 13.7. The molecule has 1 aromatic heterocycles. The maximum Gasteiger partial charge on any atom is 0.143 e. The number of aromatic nitrogens is 2. The number of nitrogens with one attached hydrogen (secondary N) is 1. The van der Waals surface area contributed by atoms with Crippen LogP contribution in [0.15, 0.2) is 0 Å². The fourth-order valence-electron chi connectivity index (χ4n) is 2.43. The van der Waals surface area contributed by atoms with Crippen LogP contribution >= 0.6 is 11.8 Å². The summed E-state index contributed by atoms with van der Waals surface area (Å²) >= 11 is 2.02. The predicted molar refractivity (Wildman–Crippen MR) is 84.0 cm³/mol. The zero-order valence-electron chi connectivity index (χ0n) is 12.3. The normalized spacial score (nSPS) is 19.4. The van der Waals surface area contributed by atoms with E-state index in [1.54, 1.807) is 0 Å². The summed E-state index contributed by atoms with van der Waals surface area (Å²) in [5, 5.41) is 3.96. The Hall–Kier alpha value is -0.770. The molecule has 2 rings (SSSR count). The molecule has 1 fully saturated rings. The average Bonchev–Trinajstić information content (AvgIpc) is 2.47. The van der Waals surface area contributed by atoms with Crippen molar-refractivity contribution in [3.8, 4) is 0 Å². The van der Waals surface area contributed by atoms with E-state index in [1.165, 1.54) is 36.3 Å². The molecule has 2 heterocycles. The van der Waals surface area contributed by atoms with E-state index < -0.39 is 0 Å². The second-order valence-electron chi connectivity index (χ2n) is 5.14. The molecule has 1 aliphatic heterocycles. The van der Waals surface area contributed by atoms with Crippen molar-refractivity contribution in [1.82, 2.24) is 9.97 Å². The Labute approximate surface area is 121 Å². The average molecular weight is 279 g/mol. The third kappa shape index (κ3) is 3.62. The highest BCUT2D eigenvalue weighted by Crippen LogP contribution is 2.37. The Bertz CT molecular complexity index is 414. The van der Waals surface area contributed by atoms with Gasteiger partial charge in [0.2, 0.25) is 0 Å². The molecule has 1 aromatic rings. The predicted octanol–water partition coefficient (Wildman–Crippen LogP) is 4.13. The van der Waals surface area contributed by atoms with Gasteiger partial charge in [0.15, 0.2) is 0 Å². The molecule has 106 valence electrons. The van der Waals surface area contributed by atoms with Crippen molar-refractivity contribution in [2.75, 3.05) is 17.6 Å². The van der Waals surface area contributed by atoms with Crippen LogP contribution in [0.3, 0.4) is 0 Å². The van der Waals surface area contributed by atoms with Crippen molar-refractivity contribution in [2.45, 2.75) is 58.1 Å². The summed E-state index contributed by atoms with van der Waals surface area (Å²) in [4.78, 5) is 9.61. The van der Waals surface area contributed by atoms with Crippen molar-refractivity contribution in [2.24, 2.45) is 0 Å². The van der Waals surface area contributed by atoms with Crippen LogP contribution in [0.25, 0.3) is 0 Å². The number of aryl methyl sites for hydroxylation is 1. The fourth-order valence-corrected chi connectivity index (χ4v) is 3.67. The van der Waals surface area contributed by atoms with Crippen molar-refractivity contribution >= 4 is 17.6 Å². The van der Waals surface area contributed by atoms with Gasteiger partial charge in [-0.05, 0) is 38.4 Å². The van der Waals surface area contributed by atoms with Crippen molar-refractivity contribution in [1.29, 1.82) is 0 Å². The van der Waals surface area contributed by atoms with Gasteiger partial charge in [0.1, 0.15) is 11.6 Å². The smallest absolute Gasteiger partial charge is 0.143 e. The van der Waals surface area contributed by atoms with Gasteiger partial charge in [0.25, 0.3) is 0 Å². The van der Waals surface area contributed by atoms with E-state index in [1.807, 2.05) is 11.8 Å². The monoisotopic (exact) mass is 279 g/mol. The SMILES string of the molecule is CCCNc1nc(C2CCCCS2)nc(CC)c1C. The van der Waals surface area contributed by atoms with Gasteiger partial charge in [-0.2, -0.15) is 11.8 Å². The van der Waals surface area contributed by atoms with Crippen LogP contribution in [0.4, 0.5) is 5.82 Å². The molecule has 4 heteroatoms. The Kier molecular flexibility index (Phi) is 5.49. The van der Waals surface area contributed by atoms with E-state index >= 15 is 0 Å². The van der Waals surface area contributed by atoms with E-state index in [4.69, 9.17) is 9.97 Å². The highest BCUT2D eigenvalue weighted by Gasteiger charge is 2.21. The number of thioether (sulfide) groups is 1. The molecule has 3 nitrogen and oxygen atoms in total. The molecule has 19 heavy (non-hydrogen) atoms. The topological polar surface area (TPSA) is 37.8 Å². The van der Waals surface area contributed by atoms with Gasteiger partial charge in [0, 0.05) is 17.8 Å². The maximum absolute atomic E-state index is 4.81. The molecule has 0 radical (unpaired) electrons. The molecule has 1 atom stereocenters. The molecule has 0 amide bonds. The molecule has 0 saturated carbocycles. The Balaban J connectivity index is 2.26. The Morgan fingerprint density at radius 3 is 2.74 bits per heavy atom. The minimum absolute atomic E-state index is 0.502. The van der Waals surface area contributed by atoms with Gasteiger partial charge >= 0.3 is 0 Å². The lowest BCUT2D eigenvalue weighted by Gasteiger charge is -2.22. The van der Waals surface area contributed by atoms with Crippen LogP contribution in [-0.2, 0) is 6.42 Å². The third-order valence-electron chi connectivity index (χ3n) is 3.61. The van der Waals surface area contributed by atoms with E-state index in [9.17, 15) is 0 Å². The summed E-state index contributed by atoms with van der Waals surface area (Å²) in [5.41, 5.74) is 2.43. The summed E-state index contributed by atoms with van der Waals surface area (Å²) < 4.78 is 0. The molecule has 0 spiro atoms. The lowest BCUT2D eigenvalue weighted by atomic mass is 10.1. The first-order valence-corrected chi connectivity index (χ1v) is 8.54. The van der Waals surface area contributed by atoms with Crippen LogP contribution in [0.1, 0.15) is 61.9 Å². The molecule has 0 aromatic carbocycles. The van der Waals surface area contributed by atoms with Gasteiger partial charge in [-0.3, -0.25) is 0 Å². The molecule has 1 unspecified atom stereocenters. The summed E-state index contributed by atoms with van der Waals surface area (Å²) in [7, 11) is 0. The molecule has 0 aliphatic carbocycles. The first-order valence-electron chi connectivity index (χ1n) is 7.49. The first kappa shape index (κ1) is 14.6. The number of rotatable bonds is 5. The number of nitrogens with zero attached hydrogens (tertiary/aromatic N) is 2. The second-order valence-corrected chi connectivity index (χ2v) is 6.45. The number of hydrogen-bond donors (Lipinski definition) is 1. The van der Waals surface area contributed by atoms with Gasteiger partial charge in [0.05, 0.1) is 5.25 Å². The van der Waals surface area contributed by atoms with Crippen LogP contribution in [0.2, 0.25) is 0 Å². The zero-order valence-corrected chi connectivity index (χ0v) is 13.1. The van der Waals surface area contributed by atoms with Crippen molar-refractivity contribution in [3.05, 3.63) is 17.1 Å². The fraction of sp³-hybridized carbons (Fsp3) is 0.733. The molecule has 0 bridgehead atoms. The van der Waals surface area contributed by atoms with Gasteiger partial charge < -0.3 is 5.32 Å². The van der Waals surface area contributed by atoms with Crippen LogP contribution in [0.5, 0.6) is 0 Å². The molecular formula is C15H25N3S. The summed E-state index contributed by atoms with van der Waals surface area (Å²) in [6.45, 7) is 7.48. The molecule has 1 N–H and O–H groups in total. The lowest BCUT2D eigenvalue weighted by Crippen LogP contribution is -2.13. The minimum atomic E-state index is 0.502. The summed E-state index contributed by atoms with van der Waals surface area (Å²) in [5.74, 6) is 3.35. The highest BCUT2D eigenvalue weighted by atomic mass is 32.2. The van der Waals surface area contributed by atoms with Crippen molar-refractivity contribution < 1.29 is 0 Å². The lowest BCUT2D eigenvalue weighted by molar-refractivity contribution is 0.658. The highest BCUT2D eigenvalue weighted by molar-refractivity contribution is 7.99. The standard InChI is InChI=1S/C15H25N3S/c1-4-9-16-14-11(3)12(5-2)17-15(18-14)13-8-6-7-10-19-13/h13H,4-10H2,1-3H3,(H,16,17,18). The first-order chi connectivity index (χ1) is 9.26. The van der Waals surface area contributed by atoms with E-state index in [0.717, 1.165) is 31.0 Å². The third-order valence-corrected chi connectivity index (χ3v) is 4.98. The van der Waals surface area contributed by atoms with Gasteiger partial charge in [-0.25, -0.2) is 9.97 Å². The Morgan fingerprint density at radius 1 is 1.26 bits per heavy atom. The van der Waals surface area contributed by atoms with Gasteiger partial charge in [-0.1, -0.05) is 20.3 Å². The van der Waals surface area contributed by atoms with Crippen LogP contribution in [0, 0.1) is 6.92 Å². The van der Waals surface area contributed by atoms with Crippen molar-refractivity contribution in [3.63, 3.8) is 0 Å². The van der Waals surface area contributed by atoms with E-state index in [2.05, 4.69) is 26.1 Å². The van der Waals surface area contributed by atoms with Crippen LogP contribution < -0.4 is 5.32 Å². The number of hydrogen-bond acceptors (Lipinski definition) is 4. The van der Waals surface area contributed by atoms with Gasteiger partial charge in [-0.15, -0.1) is 0 Å². The molecule has 1 saturated heterocycles.